The van der Waals surface area contributed by atoms with Gasteiger partial charge in [0.1, 0.15) is 5.75 Å². The van der Waals surface area contributed by atoms with Crippen LogP contribution in [0.5, 0.6) is 5.75 Å². The first-order chi connectivity index (χ1) is 12.0. The van der Waals surface area contributed by atoms with E-state index in [1.54, 1.807) is 24.3 Å². The van der Waals surface area contributed by atoms with Crippen LogP contribution < -0.4 is 9.64 Å². The Bertz CT molecular complexity index is 802. The molecular formula is C17H14ClN3O4. The minimum absolute atomic E-state index is 0.0618. The maximum absolute atomic E-state index is 12.4. The summed E-state index contributed by atoms with van der Waals surface area (Å²) in [6.07, 6.45) is 0.162. The summed E-state index contributed by atoms with van der Waals surface area (Å²) in [5, 5.41) is 19.9. The number of rotatable bonds is 7. The first kappa shape index (κ1) is 18.2. The van der Waals surface area contributed by atoms with Crippen LogP contribution in [0.2, 0.25) is 5.02 Å². The predicted molar refractivity (Wildman–Crippen MR) is 92.6 cm³/mol. The first-order valence-electron chi connectivity index (χ1n) is 7.31. The molecule has 8 heteroatoms. The molecule has 0 bridgehead atoms. The van der Waals surface area contributed by atoms with Crippen molar-refractivity contribution in [2.45, 2.75) is 6.42 Å². The molecule has 128 valence electrons. The number of nitrogens with zero attached hydrogens (tertiary/aromatic N) is 3. The van der Waals surface area contributed by atoms with Crippen LogP contribution in [0.1, 0.15) is 6.42 Å². The van der Waals surface area contributed by atoms with E-state index in [1.165, 1.54) is 29.2 Å². The minimum atomic E-state index is -0.516. The molecule has 0 radical (unpaired) electrons. The molecule has 2 aromatic rings. The third-order valence-electron chi connectivity index (χ3n) is 3.28. The van der Waals surface area contributed by atoms with Crippen molar-refractivity contribution in [3.8, 4) is 11.8 Å². The normalized spacial score (nSPS) is 9.92. The van der Waals surface area contributed by atoms with Crippen molar-refractivity contribution >= 4 is 28.9 Å². The van der Waals surface area contributed by atoms with Gasteiger partial charge in [0.2, 0.25) is 0 Å². The highest BCUT2D eigenvalue weighted by molar-refractivity contribution is 6.30. The van der Waals surface area contributed by atoms with Gasteiger partial charge < -0.3 is 9.64 Å². The number of non-ortho nitro benzene ring substituents is 1. The second-order valence-electron chi connectivity index (χ2n) is 4.97. The van der Waals surface area contributed by atoms with E-state index in [1.807, 2.05) is 6.07 Å². The molecule has 2 rings (SSSR count). The fourth-order valence-corrected chi connectivity index (χ4v) is 2.28. The van der Waals surface area contributed by atoms with Gasteiger partial charge in [-0.25, -0.2) is 0 Å². The lowest BCUT2D eigenvalue weighted by Gasteiger charge is -2.22. The summed E-state index contributed by atoms with van der Waals surface area (Å²) < 4.78 is 5.39. The molecule has 0 saturated carbocycles. The van der Waals surface area contributed by atoms with Gasteiger partial charge in [-0.15, -0.1) is 0 Å². The average molecular weight is 360 g/mol. The molecule has 25 heavy (non-hydrogen) atoms. The summed E-state index contributed by atoms with van der Waals surface area (Å²) >= 11 is 5.95. The highest BCUT2D eigenvalue weighted by Gasteiger charge is 2.17. The van der Waals surface area contributed by atoms with Crippen LogP contribution in [0.25, 0.3) is 0 Å². The summed E-state index contributed by atoms with van der Waals surface area (Å²) in [6, 6.07) is 14.2. The van der Waals surface area contributed by atoms with Crippen molar-refractivity contribution in [2.75, 3.05) is 18.1 Å². The average Bonchev–Trinajstić information content (AvgIpc) is 2.60. The van der Waals surface area contributed by atoms with E-state index < -0.39 is 4.92 Å². The number of halogens is 1. The maximum atomic E-state index is 12.4. The Balaban J connectivity index is 2.06. The largest absolute Gasteiger partial charge is 0.484 e. The fourth-order valence-electron chi connectivity index (χ4n) is 2.09. The molecule has 7 nitrogen and oxygen atoms in total. The Morgan fingerprint density at radius 1 is 1.28 bits per heavy atom. The number of carbonyl (C=O) groups is 1. The van der Waals surface area contributed by atoms with Crippen molar-refractivity contribution in [1.82, 2.24) is 0 Å². The van der Waals surface area contributed by atoms with Gasteiger partial charge in [-0.3, -0.25) is 14.9 Å². The first-order valence-corrected chi connectivity index (χ1v) is 7.69. The second-order valence-corrected chi connectivity index (χ2v) is 5.41. The number of nitriles is 1. The predicted octanol–water partition coefficient (Wildman–Crippen LogP) is 3.57. The van der Waals surface area contributed by atoms with Crippen LogP contribution in [-0.4, -0.2) is 24.0 Å². The van der Waals surface area contributed by atoms with Gasteiger partial charge in [0.05, 0.1) is 17.4 Å². The smallest absolute Gasteiger partial charge is 0.269 e. The quantitative estimate of drug-likeness (QED) is 0.556. The van der Waals surface area contributed by atoms with E-state index in [4.69, 9.17) is 21.6 Å². The van der Waals surface area contributed by atoms with E-state index in [9.17, 15) is 14.9 Å². The van der Waals surface area contributed by atoms with Crippen molar-refractivity contribution < 1.29 is 14.5 Å². The Morgan fingerprint density at radius 2 is 2.00 bits per heavy atom. The van der Waals surface area contributed by atoms with Gasteiger partial charge in [0.15, 0.2) is 6.61 Å². The van der Waals surface area contributed by atoms with Crippen LogP contribution in [0, 0.1) is 21.4 Å². The summed E-state index contributed by atoms with van der Waals surface area (Å²) in [5.41, 5.74) is 0.508. The zero-order chi connectivity index (χ0) is 18.2. The van der Waals surface area contributed by atoms with E-state index in [2.05, 4.69) is 0 Å². The van der Waals surface area contributed by atoms with Gasteiger partial charge in [-0.1, -0.05) is 17.7 Å². The van der Waals surface area contributed by atoms with Crippen LogP contribution >= 0.6 is 11.6 Å². The second kappa shape index (κ2) is 8.66. The number of nitro groups is 1. The maximum Gasteiger partial charge on any atom is 0.269 e. The number of carbonyl (C=O) groups excluding carboxylic acids is 1. The molecular weight excluding hydrogens is 346 g/mol. The lowest BCUT2D eigenvalue weighted by Crippen LogP contribution is -2.35. The summed E-state index contributed by atoms with van der Waals surface area (Å²) in [4.78, 5) is 24.0. The number of ether oxygens (including phenoxy) is 1. The van der Waals surface area contributed by atoms with Crippen molar-refractivity contribution in [3.63, 3.8) is 0 Å². The van der Waals surface area contributed by atoms with E-state index in [-0.39, 0.29) is 31.2 Å². The lowest BCUT2D eigenvalue weighted by atomic mass is 10.2. The van der Waals surface area contributed by atoms with Gasteiger partial charge in [0.25, 0.3) is 11.6 Å². The molecule has 0 aromatic heterocycles. The SMILES string of the molecule is N#CCCN(C(=O)COc1ccc([N+](=O)[O-])cc1)c1cccc(Cl)c1. The highest BCUT2D eigenvalue weighted by atomic mass is 35.5. The monoisotopic (exact) mass is 359 g/mol. The summed E-state index contributed by atoms with van der Waals surface area (Å²) in [5.74, 6) is -0.0128. The Morgan fingerprint density at radius 3 is 2.60 bits per heavy atom. The van der Waals surface area contributed by atoms with Crippen LogP contribution in [0.3, 0.4) is 0 Å². The van der Waals surface area contributed by atoms with Gasteiger partial charge in [-0.2, -0.15) is 5.26 Å². The van der Waals surface area contributed by atoms with Gasteiger partial charge in [0, 0.05) is 29.4 Å². The van der Waals surface area contributed by atoms with Crippen molar-refractivity contribution in [1.29, 1.82) is 5.26 Å². The van der Waals surface area contributed by atoms with E-state index in [0.717, 1.165) is 0 Å². The summed E-state index contributed by atoms with van der Waals surface area (Å²) in [6.45, 7) is -0.0605. The van der Waals surface area contributed by atoms with Crippen LogP contribution in [0.4, 0.5) is 11.4 Å². The van der Waals surface area contributed by atoms with Gasteiger partial charge in [-0.05, 0) is 30.3 Å². The molecule has 0 atom stereocenters. The Kier molecular flexibility index (Phi) is 6.32. The molecule has 0 unspecified atom stereocenters. The fraction of sp³-hybridized carbons (Fsp3) is 0.176. The molecule has 2 aromatic carbocycles. The van der Waals surface area contributed by atoms with Crippen LogP contribution in [0.15, 0.2) is 48.5 Å². The molecule has 0 spiro atoms. The van der Waals surface area contributed by atoms with E-state index in [0.29, 0.717) is 16.5 Å². The van der Waals surface area contributed by atoms with E-state index >= 15 is 0 Å². The number of benzene rings is 2. The molecule has 0 saturated heterocycles. The third kappa shape index (κ3) is 5.19. The Labute approximate surface area is 149 Å². The molecule has 0 aliphatic heterocycles. The highest BCUT2D eigenvalue weighted by Crippen LogP contribution is 2.21. The standard InChI is InChI=1S/C17H14ClN3O4/c18-13-3-1-4-15(11-13)20(10-2-9-19)17(22)12-25-16-7-5-14(6-8-16)21(23)24/h1,3-8,11H,2,10,12H2. The molecule has 1 amide bonds. The number of anilines is 1. The molecule has 0 N–H and O–H groups in total. The number of amides is 1. The van der Waals surface area contributed by atoms with Gasteiger partial charge >= 0.3 is 0 Å². The van der Waals surface area contributed by atoms with Crippen molar-refractivity contribution in [2.24, 2.45) is 0 Å². The minimum Gasteiger partial charge on any atom is -0.484 e. The zero-order valence-corrected chi connectivity index (χ0v) is 13.8. The number of hydrogen-bond donors (Lipinski definition) is 0. The molecule has 0 aliphatic rings. The topological polar surface area (TPSA) is 96.5 Å². The third-order valence-corrected chi connectivity index (χ3v) is 3.51. The molecule has 0 fully saturated rings. The lowest BCUT2D eigenvalue weighted by molar-refractivity contribution is -0.384. The van der Waals surface area contributed by atoms with Crippen molar-refractivity contribution in [3.05, 3.63) is 63.7 Å². The Hall–Kier alpha value is -3.11. The summed E-state index contributed by atoms with van der Waals surface area (Å²) in [7, 11) is 0. The number of hydrogen-bond acceptors (Lipinski definition) is 5. The number of nitro benzene ring substituents is 1. The molecule has 0 heterocycles. The molecule has 0 aliphatic carbocycles. The van der Waals surface area contributed by atoms with Crippen LogP contribution in [-0.2, 0) is 4.79 Å². The zero-order valence-electron chi connectivity index (χ0n) is 13.1.